The molecule has 3 nitrogen and oxygen atoms in total. The number of nitrogens with one attached hydrogen (secondary N) is 2. The Bertz CT molecular complexity index is 202. The zero-order chi connectivity index (χ0) is 11.3. The van der Waals surface area contributed by atoms with Crippen LogP contribution in [0.1, 0.15) is 40.0 Å². The van der Waals surface area contributed by atoms with E-state index in [0.29, 0.717) is 12.0 Å². The van der Waals surface area contributed by atoms with Crippen LogP contribution in [0.25, 0.3) is 0 Å². The SMILES string of the molecule is CCC(CC)C(=O)NC1CCNCC1C. The van der Waals surface area contributed by atoms with Crippen LogP contribution in [0.4, 0.5) is 0 Å². The first kappa shape index (κ1) is 12.5. The van der Waals surface area contributed by atoms with Crippen molar-refractivity contribution in [2.75, 3.05) is 13.1 Å². The van der Waals surface area contributed by atoms with Crippen molar-refractivity contribution in [1.82, 2.24) is 10.6 Å². The maximum atomic E-state index is 11.9. The summed E-state index contributed by atoms with van der Waals surface area (Å²) in [7, 11) is 0. The number of rotatable bonds is 4. The largest absolute Gasteiger partial charge is 0.353 e. The average Bonchev–Trinajstić information content (AvgIpc) is 2.23. The van der Waals surface area contributed by atoms with Crippen LogP contribution in [-0.2, 0) is 4.79 Å². The summed E-state index contributed by atoms with van der Waals surface area (Å²) in [5.41, 5.74) is 0. The van der Waals surface area contributed by atoms with Gasteiger partial charge in [-0.05, 0) is 38.3 Å². The van der Waals surface area contributed by atoms with Crippen LogP contribution < -0.4 is 10.6 Å². The molecule has 0 aromatic heterocycles. The maximum absolute atomic E-state index is 11.9. The number of piperidine rings is 1. The fourth-order valence-electron chi connectivity index (χ4n) is 2.19. The number of carbonyl (C=O) groups excluding carboxylic acids is 1. The molecule has 1 amide bonds. The molecule has 15 heavy (non-hydrogen) atoms. The van der Waals surface area contributed by atoms with Gasteiger partial charge in [0.2, 0.25) is 5.91 Å². The highest BCUT2D eigenvalue weighted by Gasteiger charge is 2.24. The molecular weight excluding hydrogens is 188 g/mol. The minimum atomic E-state index is 0.201. The molecule has 0 saturated carbocycles. The summed E-state index contributed by atoms with van der Waals surface area (Å²) in [5.74, 6) is 1.00. The van der Waals surface area contributed by atoms with Gasteiger partial charge in [0.15, 0.2) is 0 Å². The van der Waals surface area contributed by atoms with Gasteiger partial charge in [-0.2, -0.15) is 0 Å². The smallest absolute Gasteiger partial charge is 0.223 e. The van der Waals surface area contributed by atoms with Crippen LogP contribution in [0.3, 0.4) is 0 Å². The average molecular weight is 212 g/mol. The van der Waals surface area contributed by atoms with Gasteiger partial charge in [-0.1, -0.05) is 20.8 Å². The Balaban J connectivity index is 2.41. The summed E-state index contributed by atoms with van der Waals surface area (Å²) in [4.78, 5) is 11.9. The molecule has 0 aromatic rings. The van der Waals surface area contributed by atoms with Gasteiger partial charge in [-0.15, -0.1) is 0 Å². The van der Waals surface area contributed by atoms with Crippen LogP contribution in [-0.4, -0.2) is 25.0 Å². The topological polar surface area (TPSA) is 41.1 Å². The van der Waals surface area contributed by atoms with Gasteiger partial charge in [-0.25, -0.2) is 0 Å². The first-order valence-corrected chi connectivity index (χ1v) is 6.20. The second-order valence-electron chi connectivity index (χ2n) is 4.60. The molecule has 0 aromatic carbocycles. The highest BCUT2D eigenvalue weighted by Crippen LogP contribution is 2.13. The van der Waals surface area contributed by atoms with E-state index >= 15 is 0 Å². The minimum Gasteiger partial charge on any atom is -0.353 e. The van der Waals surface area contributed by atoms with Gasteiger partial charge in [0, 0.05) is 12.0 Å². The zero-order valence-electron chi connectivity index (χ0n) is 10.2. The first-order valence-electron chi connectivity index (χ1n) is 6.20. The Morgan fingerprint density at radius 1 is 1.47 bits per heavy atom. The maximum Gasteiger partial charge on any atom is 0.223 e. The Morgan fingerprint density at radius 2 is 2.13 bits per heavy atom. The number of hydrogen-bond donors (Lipinski definition) is 2. The van der Waals surface area contributed by atoms with Gasteiger partial charge in [0.25, 0.3) is 0 Å². The monoisotopic (exact) mass is 212 g/mol. The zero-order valence-corrected chi connectivity index (χ0v) is 10.2. The summed E-state index contributed by atoms with van der Waals surface area (Å²) in [5, 5.41) is 6.54. The molecule has 2 N–H and O–H groups in total. The van der Waals surface area contributed by atoms with E-state index in [-0.39, 0.29) is 11.8 Å². The Hall–Kier alpha value is -0.570. The number of hydrogen-bond acceptors (Lipinski definition) is 2. The van der Waals surface area contributed by atoms with E-state index in [1.165, 1.54) is 0 Å². The van der Waals surface area contributed by atoms with Crippen molar-refractivity contribution >= 4 is 5.91 Å². The van der Waals surface area contributed by atoms with E-state index in [1.807, 2.05) is 0 Å². The van der Waals surface area contributed by atoms with Crippen molar-refractivity contribution in [3.8, 4) is 0 Å². The van der Waals surface area contributed by atoms with E-state index in [4.69, 9.17) is 0 Å². The summed E-state index contributed by atoms with van der Waals surface area (Å²) < 4.78 is 0. The molecular formula is C12H24N2O. The number of carbonyl (C=O) groups is 1. The van der Waals surface area contributed by atoms with Gasteiger partial charge in [0.1, 0.15) is 0 Å². The summed E-state index contributed by atoms with van der Waals surface area (Å²) >= 11 is 0. The molecule has 0 bridgehead atoms. The normalized spacial score (nSPS) is 26.7. The molecule has 1 fully saturated rings. The van der Waals surface area contributed by atoms with E-state index in [2.05, 4.69) is 31.4 Å². The molecule has 88 valence electrons. The molecule has 1 aliphatic rings. The van der Waals surface area contributed by atoms with Crippen LogP contribution in [0.15, 0.2) is 0 Å². The van der Waals surface area contributed by atoms with Gasteiger partial charge >= 0.3 is 0 Å². The third kappa shape index (κ3) is 3.49. The van der Waals surface area contributed by atoms with Crippen molar-refractivity contribution in [1.29, 1.82) is 0 Å². The predicted octanol–water partition coefficient (Wildman–Crippen LogP) is 1.54. The molecule has 0 radical (unpaired) electrons. The molecule has 1 rings (SSSR count). The predicted molar refractivity (Wildman–Crippen MR) is 62.7 cm³/mol. The lowest BCUT2D eigenvalue weighted by Gasteiger charge is -2.31. The molecule has 0 aliphatic carbocycles. The lowest BCUT2D eigenvalue weighted by Crippen LogP contribution is -2.49. The fourth-order valence-corrected chi connectivity index (χ4v) is 2.19. The number of amides is 1. The van der Waals surface area contributed by atoms with Crippen LogP contribution in [0, 0.1) is 11.8 Å². The summed E-state index contributed by atoms with van der Waals surface area (Å²) in [6.07, 6.45) is 2.95. The highest BCUT2D eigenvalue weighted by molar-refractivity contribution is 5.78. The third-order valence-corrected chi connectivity index (χ3v) is 3.47. The van der Waals surface area contributed by atoms with Crippen molar-refractivity contribution in [2.24, 2.45) is 11.8 Å². The van der Waals surface area contributed by atoms with E-state index in [9.17, 15) is 4.79 Å². The van der Waals surface area contributed by atoms with Crippen LogP contribution >= 0.6 is 0 Å². The van der Waals surface area contributed by atoms with E-state index in [0.717, 1.165) is 32.4 Å². The van der Waals surface area contributed by atoms with Crippen molar-refractivity contribution in [2.45, 2.75) is 46.1 Å². The van der Waals surface area contributed by atoms with Crippen LogP contribution in [0.2, 0.25) is 0 Å². The molecule has 1 saturated heterocycles. The quantitative estimate of drug-likeness (QED) is 0.742. The second-order valence-corrected chi connectivity index (χ2v) is 4.60. The van der Waals surface area contributed by atoms with Gasteiger partial charge in [0.05, 0.1) is 0 Å². The van der Waals surface area contributed by atoms with Crippen molar-refractivity contribution in [3.05, 3.63) is 0 Å². The molecule has 2 unspecified atom stereocenters. The highest BCUT2D eigenvalue weighted by atomic mass is 16.1. The molecule has 1 heterocycles. The molecule has 3 heteroatoms. The van der Waals surface area contributed by atoms with Crippen molar-refractivity contribution in [3.63, 3.8) is 0 Å². The molecule has 1 aliphatic heterocycles. The third-order valence-electron chi connectivity index (χ3n) is 3.47. The first-order chi connectivity index (χ1) is 7.19. The van der Waals surface area contributed by atoms with Crippen molar-refractivity contribution < 1.29 is 4.79 Å². The van der Waals surface area contributed by atoms with E-state index in [1.54, 1.807) is 0 Å². The van der Waals surface area contributed by atoms with Crippen LogP contribution in [0.5, 0.6) is 0 Å². The molecule has 2 atom stereocenters. The summed E-state index contributed by atoms with van der Waals surface area (Å²) in [6.45, 7) is 8.41. The Kier molecular flexibility index (Phi) is 5.09. The second kappa shape index (κ2) is 6.11. The lowest BCUT2D eigenvalue weighted by atomic mass is 9.93. The summed E-state index contributed by atoms with van der Waals surface area (Å²) in [6, 6.07) is 0.374. The Morgan fingerprint density at radius 3 is 2.67 bits per heavy atom. The Labute approximate surface area is 93.0 Å². The standard InChI is InChI=1S/C12H24N2O/c1-4-10(5-2)12(15)14-11-6-7-13-8-9(11)3/h9-11,13H,4-8H2,1-3H3,(H,14,15). The minimum absolute atomic E-state index is 0.201. The van der Waals surface area contributed by atoms with Gasteiger partial charge in [-0.3, -0.25) is 4.79 Å². The lowest BCUT2D eigenvalue weighted by molar-refractivity contribution is -0.126. The van der Waals surface area contributed by atoms with Gasteiger partial charge < -0.3 is 10.6 Å². The fraction of sp³-hybridized carbons (Fsp3) is 0.917. The van der Waals surface area contributed by atoms with E-state index < -0.39 is 0 Å². The molecule has 0 spiro atoms.